The van der Waals surface area contributed by atoms with Gasteiger partial charge in [0.15, 0.2) is 0 Å². The topological polar surface area (TPSA) is 29.9 Å². The van der Waals surface area contributed by atoms with E-state index in [2.05, 4.69) is 43.8 Å². The van der Waals surface area contributed by atoms with Gasteiger partial charge in [0, 0.05) is 24.7 Å². The molecular weight excluding hydrogens is 258 g/mol. The van der Waals surface area contributed by atoms with Gasteiger partial charge in [-0.05, 0) is 44.2 Å². The van der Waals surface area contributed by atoms with Crippen LogP contribution >= 0.6 is 0 Å². The molecule has 1 fully saturated rings. The second-order valence-electron chi connectivity index (χ2n) is 6.83. The van der Waals surface area contributed by atoms with E-state index in [1.54, 1.807) is 0 Å². The van der Waals surface area contributed by atoms with Crippen molar-refractivity contribution in [3.05, 3.63) is 17.5 Å². The minimum atomic E-state index is 0.448. The van der Waals surface area contributed by atoms with Crippen molar-refractivity contribution < 1.29 is 0 Å². The number of rotatable bonds is 7. The lowest BCUT2D eigenvalue weighted by Crippen LogP contribution is -2.46. The van der Waals surface area contributed by atoms with Crippen molar-refractivity contribution in [2.75, 3.05) is 6.54 Å². The van der Waals surface area contributed by atoms with Crippen molar-refractivity contribution in [3.8, 4) is 0 Å². The molecule has 0 aromatic carbocycles. The van der Waals surface area contributed by atoms with E-state index in [1.807, 2.05) is 0 Å². The van der Waals surface area contributed by atoms with Crippen LogP contribution in [0.5, 0.6) is 0 Å². The molecule has 1 atom stereocenters. The maximum atomic E-state index is 4.72. The van der Waals surface area contributed by atoms with E-state index in [-0.39, 0.29) is 0 Å². The summed E-state index contributed by atoms with van der Waals surface area (Å²) in [6, 6.07) is 2.90. The third-order valence-corrected chi connectivity index (χ3v) is 5.28. The van der Waals surface area contributed by atoms with Crippen LogP contribution in [0.15, 0.2) is 6.07 Å². The van der Waals surface area contributed by atoms with E-state index in [9.17, 15) is 0 Å². The average molecular weight is 291 g/mol. The van der Waals surface area contributed by atoms with Crippen LogP contribution in [-0.4, -0.2) is 22.4 Å². The highest BCUT2D eigenvalue weighted by Gasteiger charge is 2.35. The smallest absolute Gasteiger partial charge is 0.0624 e. The molecule has 21 heavy (non-hydrogen) atoms. The summed E-state index contributed by atoms with van der Waals surface area (Å²) in [5.41, 5.74) is 3.09. The van der Waals surface area contributed by atoms with E-state index >= 15 is 0 Å². The third kappa shape index (κ3) is 3.88. The first kappa shape index (κ1) is 16.5. The van der Waals surface area contributed by atoms with Crippen LogP contribution in [0.3, 0.4) is 0 Å². The maximum Gasteiger partial charge on any atom is 0.0624 e. The highest BCUT2D eigenvalue weighted by atomic mass is 15.3. The van der Waals surface area contributed by atoms with E-state index in [4.69, 9.17) is 5.10 Å². The van der Waals surface area contributed by atoms with E-state index in [0.29, 0.717) is 11.5 Å². The summed E-state index contributed by atoms with van der Waals surface area (Å²) in [4.78, 5) is 0. The van der Waals surface area contributed by atoms with Crippen molar-refractivity contribution in [1.29, 1.82) is 0 Å². The third-order valence-electron chi connectivity index (χ3n) is 5.28. The summed E-state index contributed by atoms with van der Waals surface area (Å²) >= 11 is 0. The molecule has 3 nitrogen and oxygen atoms in total. The van der Waals surface area contributed by atoms with Crippen molar-refractivity contribution in [1.82, 2.24) is 15.1 Å². The number of hydrogen-bond donors (Lipinski definition) is 1. The summed E-state index contributed by atoms with van der Waals surface area (Å²) in [6.45, 7) is 11.1. The molecule has 1 aliphatic carbocycles. The zero-order valence-corrected chi connectivity index (χ0v) is 14.4. The van der Waals surface area contributed by atoms with Crippen molar-refractivity contribution in [2.24, 2.45) is 5.41 Å². The molecule has 1 aromatic heterocycles. The average Bonchev–Trinajstić information content (AvgIpc) is 2.90. The van der Waals surface area contributed by atoms with Gasteiger partial charge in [-0.2, -0.15) is 5.10 Å². The Balaban J connectivity index is 2.17. The van der Waals surface area contributed by atoms with E-state index < -0.39 is 0 Å². The molecule has 120 valence electrons. The normalized spacial score (nSPS) is 19.6. The lowest BCUT2D eigenvalue weighted by molar-refractivity contribution is 0.143. The van der Waals surface area contributed by atoms with Gasteiger partial charge in [-0.1, -0.05) is 40.0 Å². The number of aromatic nitrogens is 2. The Labute approximate surface area is 130 Å². The number of nitrogens with one attached hydrogen (secondary N) is 1. The molecule has 0 aliphatic heterocycles. The molecule has 0 saturated heterocycles. The highest BCUT2D eigenvalue weighted by molar-refractivity contribution is 5.13. The SMILES string of the molecule is CCNC(Cc1cc(CC)nn1CC)C1(C)CCCCC1. The standard InChI is InChI=1S/C18H33N3/c1-5-15-13-16(21(7-3)20-15)14-17(19-6-2)18(4)11-9-8-10-12-18/h13,17,19H,5-12,14H2,1-4H3. The van der Waals surface area contributed by atoms with Crippen LogP contribution in [0, 0.1) is 5.41 Å². The Hall–Kier alpha value is -0.830. The van der Waals surface area contributed by atoms with Crippen LogP contribution in [-0.2, 0) is 19.4 Å². The van der Waals surface area contributed by atoms with Crippen LogP contribution in [0.4, 0.5) is 0 Å². The van der Waals surface area contributed by atoms with Gasteiger partial charge in [0.2, 0.25) is 0 Å². The first-order valence-corrected chi connectivity index (χ1v) is 8.92. The van der Waals surface area contributed by atoms with Gasteiger partial charge in [0.1, 0.15) is 0 Å². The number of nitrogens with zero attached hydrogens (tertiary/aromatic N) is 2. The second-order valence-corrected chi connectivity index (χ2v) is 6.83. The molecule has 2 rings (SSSR count). The first-order valence-electron chi connectivity index (χ1n) is 8.92. The summed E-state index contributed by atoms with van der Waals surface area (Å²) in [6.07, 6.45) is 9.09. The largest absolute Gasteiger partial charge is 0.313 e. The zero-order chi connectivity index (χ0) is 15.3. The molecule has 1 heterocycles. The summed E-state index contributed by atoms with van der Waals surface area (Å²) < 4.78 is 2.20. The molecule has 1 N–H and O–H groups in total. The highest BCUT2D eigenvalue weighted by Crippen LogP contribution is 2.39. The summed E-state index contributed by atoms with van der Waals surface area (Å²) in [7, 11) is 0. The second kappa shape index (κ2) is 7.44. The van der Waals surface area contributed by atoms with Gasteiger partial charge >= 0.3 is 0 Å². The van der Waals surface area contributed by atoms with Crippen LogP contribution in [0.1, 0.15) is 71.2 Å². The number of aryl methyl sites for hydroxylation is 2. The predicted octanol–water partition coefficient (Wildman–Crippen LogP) is 3.96. The molecule has 0 amide bonds. The van der Waals surface area contributed by atoms with Crippen LogP contribution in [0.2, 0.25) is 0 Å². The fourth-order valence-electron chi connectivity index (χ4n) is 3.85. The Kier molecular flexibility index (Phi) is 5.86. The fraction of sp³-hybridized carbons (Fsp3) is 0.833. The Morgan fingerprint density at radius 1 is 1.24 bits per heavy atom. The molecular formula is C18H33N3. The zero-order valence-electron chi connectivity index (χ0n) is 14.4. The van der Waals surface area contributed by atoms with Gasteiger partial charge in [0.05, 0.1) is 5.69 Å². The molecule has 1 saturated carbocycles. The monoisotopic (exact) mass is 291 g/mol. The molecule has 1 unspecified atom stereocenters. The maximum absolute atomic E-state index is 4.72. The number of likely N-dealkylation sites (N-methyl/N-ethyl adjacent to an activating group) is 1. The number of hydrogen-bond acceptors (Lipinski definition) is 2. The quantitative estimate of drug-likeness (QED) is 0.824. The molecule has 0 radical (unpaired) electrons. The fourth-order valence-corrected chi connectivity index (χ4v) is 3.85. The van der Waals surface area contributed by atoms with Crippen molar-refractivity contribution >= 4 is 0 Å². The van der Waals surface area contributed by atoms with E-state index in [1.165, 1.54) is 43.5 Å². The van der Waals surface area contributed by atoms with Gasteiger partial charge in [-0.15, -0.1) is 0 Å². The predicted molar refractivity (Wildman–Crippen MR) is 89.6 cm³/mol. The molecule has 1 aromatic rings. The lowest BCUT2D eigenvalue weighted by Gasteiger charge is -2.41. The molecule has 3 heteroatoms. The first-order chi connectivity index (χ1) is 10.1. The minimum Gasteiger partial charge on any atom is -0.313 e. The summed E-state index contributed by atoms with van der Waals surface area (Å²) in [5.74, 6) is 0. The molecule has 1 aliphatic rings. The molecule has 0 bridgehead atoms. The molecule has 0 spiro atoms. The van der Waals surface area contributed by atoms with Crippen LogP contribution < -0.4 is 5.32 Å². The Morgan fingerprint density at radius 3 is 2.52 bits per heavy atom. The minimum absolute atomic E-state index is 0.448. The van der Waals surface area contributed by atoms with E-state index in [0.717, 1.165) is 25.9 Å². The van der Waals surface area contributed by atoms with Crippen LogP contribution in [0.25, 0.3) is 0 Å². The van der Waals surface area contributed by atoms with Crippen molar-refractivity contribution in [3.63, 3.8) is 0 Å². The van der Waals surface area contributed by atoms with Gasteiger partial charge in [0.25, 0.3) is 0 Å². The van der Waals surface area contributed by atoms with Gasteiger partial charge < -0.3 is 5.32 Å². The van der Waals surface area contributed by atoms with Crippen molar-refractivity contribution in [2.45, 2.75) is 85.2 Å². The summed E-state index contributed by atoms with van der Waals surface area (Å²) in [5, 5.41) is 8.50. The lowest BCUT2D eigenvalue weighted by atomic mass is 9.69. The Morgan fingerprint density at radius 2 is 1.95 bits per heavy atom. The van der Waals surface area contributed by atoms with Gasteiger partial charge in [-0.3, -0.25) is 4.68 Å². The Bertz CT molecular complexity index is 430. The van der Waals surface area contributed by atoms with Gasteiger partial charge in [-0.25, -0.2) is 0 Å².